The largest absolute Gasteiger partial charge is 0.484 e. The van der Waals surface area contributed by atoms with Crippen molar-refractivity contribution >= 4 is 11.6 Å². The maximum atomic E-state index is 13.1. The Hall–Kier alpha value is -3.43. The summed E-state index contributed by atoms with van der Waals surface area (Å²) < 4.78 is 58.4. The SMILES string of the molecule is O=C(COc1cccc(F)c1)Nc1cc(C(F)(F)F)ccc1-n1cncn1. The molecule has 0 radical (unpaired) electrons. The van der Waals surface area contributed by atoms with Crippen molar-refractivity contribution in [2.45, 2.75) is 6.18 Å². The number of halogens is 4. The van der Waals surface area contributed by atoms with Crippen LogP contribution in [0.15, 0.2) is 55.1 Å². The van der Waals surface area contributed by atoms with Gasteiger partial charge in [0.1, 0.15) is 24.2 Å². The van der Waals surface area contributed by atoms with E-state index < -0.39 is 30.1 Å². The zero-order chi connectivity index (χ0) is 19.4. The summed E-state index contributed by atoms with van der Waals surface area (Å²) in [5.41, 5.74) is -0.865. The summed E-state index contributed by atoms with van der Waals surface area (Å²) in [6.07, 6.45) is -2.10. The Morgan fingerprint density at radius 3 is 2.67 bits per heavy atom. The molecule has 1 N–H and O–H groups in total. The topological polar surface area (TPSA) is 69.0 Å². The van der Waals surface area contributed by atoms with Crippen molar-refractivity contribution in [1.29, 1.82) is 0 Å². The van der Waals surface area contributed by atoms with Gasteiger partial charge >= 0.3 is 6.18 Å². The third kappa shape index (κ3) is 4.60. The maximum Gasteiger partial charge on any atom is 0.416 e. The van der Waals surface area contributed by atoms with Gasteiger partial charge in [-0.2, -0.15) is 18.3 Å². The highest BCUT2D eigenvalue weighted by molar-refractivity contribution is 5.94. The van der Waals surface area contributed by atoms with Gasteiger partial charge in [0.2, 0.25) is 0 Å². The van der Waals surface area contributed by atoms with E-state index in [0.717, 1.165) is 18.2 Å². The average Bonchev–Trinajstić information content (AvgIpc) is 3.13. The molecular formula is C17H12F4N4O2. The number of aromatic nitrogens is 3. The van der Waals surface area contributed by atoms with Crippen molar-refractivity contribution in [3.05, 3.63) is 66.5 Å². The molecule has 1 heterocycles. The molecular weight excluding hydrogens is 368 g/mol. The van der Waals surface area contributed by atoms with Gasteiger partial charge in [0.15, 0.2) is 6.61 Å². The first kappa shape index (κ1) is 18.4. The Bertz CT molecular complexity index is 942. The summed E-state index contributed by atoms with van der Waals surface area (Å²) >= 11 is 0. The Morgan fingerprint density at radius 1 is 1.19 bits per heavy atom. The lowest BCUT2D eigenvalue weighted by molar-refractivity contribution is -0.137. The smallest absolute Gasteiger partial charge is 0.416 e. The summed E-state index contributed by atoms with van der Waals surface area (Å²) in [5.74, 6) is -1.15. The monoisotopic (exact) mass is 380 g/mol. The van der Waals surface area contributed by atoms with Gasteiger partial charge in [0, 0.05) is 6.07 Å². The van der Waals surface area contributed by atoms with Crippen molar-refractivity contribution in [2.75, 3.05) is 11.9 Å². The minimum absolute atomic E-state index is 0.116. The van der Waals surface area contributed by atoms with Crippen LogP contribution >= 0.6 is 0 Å². The zero-order valence-electron chi connectivity index (χ0n) is 13.6. The zero-order valence-corrected chi connectivity index (χ0v) is 13.6. The van der Waals surface area contributed by atoms with E-state index in [9.17, 15) is 22.4 Å². The number of carbonyl (C=O) groups excluding carboxylic acids is 1. The lowest BCUT2D eigenvalue weighted by Gasteiger charge is -2.14. The van der Waals surface area contributed by atoms with Gasteiger partial charge in [-0.05, 0) is 30.3 Å². The minimum Gasteiger partial charge on any atom is -0.484 e. The Labute approximate surface area is 150 Å². The second kappa shape index (κ2) is 7.44. The van der Waals surface area contributed by atoms with E-state index in [4.69, 9.17) is 4.74 Å². The molecule has 27 heavy (non-hydrogen) atoms. The van der Waals surface area contributed by atoms with E-state index in [0.29, 0.717) is 0 Å². The molecule has 0 spiro atoms. The molecule has 1 aromatic heterocycles. The molecule has 0 aliphatic rings. The number of amides is 1. The van der Waals surface area contributed by atoms with E-state index in [1.54, 1.807) is 0 Å². The highest BCUT2D eigenvalue weighted by atomic mass is 19.4. The van der Waals surface area contributed by atoms with Crippen LogP contribution in [0.5, 0.6) is 5.75 Å². The van der Waals surface area contributed by atoms with Crippen LogP contribution in [-0.2, 0) is 11.0 Å². The van der Waals surface area contributed by atoms with Gasteiger partial charge in [0.05, 0.1) is 16.9 Å². The van der Waals surface area contributed by atoms with Gasteiger partial charge in [0.25, 0.3) is 5.91 Å². The Balaban J connectivity index is 1.80. The number of alkyl halides is 3. The fourth-order valence-corrected chi connectivity index (χ4v) is 2.24. The molecule has 3 rings (SSSR count). The summed E-state index contributed by atoms with van der Waals surface area (Å²) in [6.45, 7) is -0.517. The quantitative estimate of drug-likeness (QED) is 0.689. The molecule has 2 aromatic carbocycles. The van der Waals surface area contributed by atoms with Crippen LogP contribution in [0, 0.1) is 5.82 Å². The first-order valence-electron chi connectivity index (χ1n) is 7.57. The first-order valence-corrected chi connectivity index (χ1v) is 7.57. The highest BCUT2D eigenvalue weighted by Gasteiger charge is 2.31. The van der Waals surface area contributed by atoms with Crippen molar-refractivity contribution in [1.82, 2.24) is 14.8 Å². The van der Waals surface area contributed by atoms with Crippen LogP contribution in [0.1, 0.15) is 5.56 Å². The molecule has 0 atom stereocenters. The molecule has 0 aliphatic carbocycles. The van der Waals surface area contributed by atoms with Crippen LogP contribution in [-0.4, -0.2) is 27.3 Å². The van der Waals surface area contributed by atoms with E-state index in [2.05, 4.69) is 15.4 Å². The molecule has 0 aliphatic heterocycles. The molecule has 0 fully saturated rings. The van der Waals surface area contributed by atoms with Gasteiger partial charge in [-0.1, -0.05) is 6.07 Å². The molecule has 0 unspecified atom stereocenters. The molecule has 0 bridgehead atoms. The fraction of sp³-hybridized carbons (Fsp3) is 0.118. The van der Waals surface area contributed by atoms with Crippen LogP contribution in [0.25, 0.3) is 5.69 Å². The molecule has 0 saturated carbocycles. The number of benzene rings is 2. The van der Waals surface area contributed by atoms with Crippen molar-refractivity contribution in [2.24, 2.45) is 0 Å². The lowest BCUT2D eigenvalue weighted by Crippen LogP contribution is -2.21. The number of nitrogens with one attached hydrogen (secondary N) is 1. The lowest BCUT2D eigenvalue weighted by atomic mass is 10.1. The maximum absolute atomic E-state index is 13.1. The fourth-order valence-electron chi connectivity index (χ4n) is 2.24. The van der Waals surface area contributed by atoms with E-state index >= 15 is 0 Å². The number of ether oxygens (including phenoxy) is 1. The van der Waals surface area contributed by atoms with Crippen molar-refractivity contribution in [3.8, 4) is 11.4 Å². The summed E-state index contributed by atoms with van der Waals surface area (Å²) in [6, 6.07) is 7.96. The van der Waals surface area contributed by atoms with E-state index in [1.807, 2.05) is 0 Å². The average molecular weight is 380 g/mol. The third-order valence-electron chi connectivity index (χ3n) is 3.43. The number of anilines is 1. The van der Waals surface area contributed by atoms with Crippen molar-refractivity contribution in [3.63, 3.8) is 0 Å². The number of rotatable bonds is 5. The summed E-state index contributed by atoms with van der Waals surface area (Å²) in [5, 5.41) is 6.20. The second-order valence-corrected chi connectivity index (χ2v) is 5.36. The molecule has 1 amide bonds. The Morgan fingerprint density at radius 2 is 2.00 bits per heavy atom. The van der Waals surface area contributed by atoms with Gasteiger partial charge < -0.3 is 10.1 Å². The molecule has 0 saturated heterocycles. The highest BCUT2D eigenvalue weighted by Crippen LogP contribution is 2.33. The summed E-state index contributed by atoms with van der Waals surface area (Å²) in [4.78, 5) is 15.8. The standard InChI is InChI=1S/C17H12F4N4O2/c18-12-2-1-3-13(7-12)27-8-16(26)24-14-6-11(17(19,20)21)4-5-15(14)25-10-22-9-23-25/h1-7,9-10H,8H2,(H,24,26). The molecule has 6 nitrogen and oxygen atoms in total. The van der Waals surface area contributed by atoms with Crippen LogP contribution < -0.4 is 10.1 Å². The molecule has 3 aromatic rings. The Kier molecular flexibility index (Phi) is 5.06. The van der Waals surface area contributed by atoms with Crippen molar-refractivity contribution < 1.29 is 27.1 Å². The van der Waals surface area contributed by atoms with E-state index in [1.165, 1.54) is 41.6 Å². The number of hydrogen-bond donors (Lipinski definition) is 1. The minimum atomic E-state index is -4.58. The number of hydrogen-bond acceptors (Lipinski definition) is 4. The van der Waals surface area contributed by atoms with E-state index in [-0.39, 0.29) is 17.1 Å². The molecule has 140 valence electrons. The summed E-state index contributed by atoms with van der Waals surface area (Å²) in [7, 11) is 0. The van der Waals surface area contributed by atoms with Gasteiger partial charge in [-0.25, -0.2) is 14.1 Å². The van der Waals surface area contributed by atoms with Crippen LogP contribution in [0.2, 0.25) is 0 Å². The number of carbonyl (C=O) groups is 1. The van der Waals surface area contributed by atoms with Gasteiger partial charge in [-0.3, -0.25) is 4.79 Å². The first-order chi connectivity index (χ1) is 12.8. The predicted molar refractivity (Wildman–Crippen MR) is 86.9 cm³/mol. The van der Waals surface area contributed by atoms with Gasteiger partial charge in [-0.15, -0.1) is 0 Å². The predicted octanol–water partition coefficient (Wildman–Crippen LogP) is 3.44. The van der Waals surface area contributed by atoms with Crippen LogP contribution in [0.3, 0.4) is 0 Å². The normalized spacial score (nSPS) is 11.3. The third-order valence-corrected chi connectivity index (χ3v) is 3.43. The second-order valence-electron chi connectivity index (χ2n) is 5.36. The molecule has 10 heteroatoms. The van der Waals surface area contributed by atoms with Crippen LogP contribution in [0.4, 0.5) is 23.2 Å². The number of nitrogens with zero attached hydrogens (tertiary/aromatic N) is 3.